The highest BCUT2D eigenvalue weighted by atomic mass is 32.2. The number of thioether (sulfide) groups is 1. The number of aliphatic hydroxyl groups is 1. The van der Waals surface area contributed by atoms with Gasteiger partial charge < -0.3 is 9.84 Å². The minimum atomic E-state index is -1.30. The van der Waals surface area contributed by atoms with E-state index < -0.39 is 26.8 Å². The molecule has 0 radical (unpaired) electrons. The summed E-state index contributed by atoms with van der Waals surface area (Å²) >= 11 is 39.8. The zero-order valence-electron chi connectivity index (χ0n) is 20.0. The van der Waals surface area contributed by atoms with Crippen molar-refractivity contribution < 1.29 is 14.2 Å². The third-order valence-corrected chi connectivity index (χ3v) is 16.4. The normalized spacial score (nSPS) is 24.7. The number of halogens is 1. The van der Waals surface area contributed by atoms with Crippen molar-refractivity contribution in [3.63, 3.8) is 0 Å². The molecule has 6 nitrogen and oxygen atoms in total. The average Bonchev–Trinajstić information content (AvgIpc) is 3.30. The molecule has 206 valence electrons. The number of benzene rings is 1. The van der Waals surface area contributed by atoms with Gasteiger partial charge in [-0.2, -0.15) is 101 Å². The fourth-order valence-corrected chi connectivity index (χ4v) is 10.1. The second-order valence-electron chi connectivity index (χ2n) is 8.67. The van der Waals surface area contributed by atoms with Crippen molar-refractivity contribution in [2.45, 2.75) is 32.7 Å². The molecule has 3 aromatic rings. The summed E-state index contributed by atoms with van der Waals surface area (Å²) in [7, 11) is 1.81. The van der Waals surface area contributed by atoms with Gasteiger partial charge in [-0.15, -0.1) is 10.2 Å². The number of ether oxygens (including phenoxy) is 1. The van der Waals surface area contributed by atoms with Crippen LogP contribution in [0.1, 0.15) is 11.4 Å². The van der Waals surface area contributed by atoms with Gasteiger partial charge in [0, 0.05) is 16.9 Å². The van der Waals surface area contributed by atoms with E-state index in [1.165, 1.54) is 23.9 Å². The molecule has 1 fully saturated rings. The highest BCUT2D eigenvalue weighted by molar-refractivity contribution is 8.19. The predicted octanol–water partition coefficient (Wildman–Crippen LogP) is 3.38. The number of pyridine rings is 1. The summed E-state index contributed by atoms with van der Waals surface area (Å²) in [6.07, 6.45) is 3.28. The zero-order valence-corrected chi connectivity index (χ0v) is 27.9. The first-order valence-electron chi connectivity index (χ1n) is 11.0. The van der Waals surface area contributed by atoms with Crippen molar-refractivity contribution in [3.05, 3.63) is 59.9 Å². The summed E-state index contributed by atoms with van der Waals surface area (Å²) in [4.78, 5) is 4.22. The largest absolute Gasteiger partial charge is 0.485 e. The Morgan fingerprint density at radius 2 is 1.74 bits per heavy atom. The van der Waals surface area contributed by atoms with Crippen LogP contribution >= 0.6 is 113 Å². The molecule has 1 aliphatic carbocycles. The van der Waals surface area contributed by atoms with E-state index in [-0.39, 0.29) is 24.5 Å². The van der Waals surface area contributed by atoms with E-state index in [1.54, 1.807) is 29.1 Å². The minimum absolute atomic E-state index is 0.0552. The SMILES string of the molecule is BC1(S)C(S)(S)C(S)(S)C(S)(S)C1(S)Sc1nnc(COc2ccc(C#CCO)c(F)c2)n1-c1cccnc1. The molecule has 0 aliphatic heterocycles. The first kappa shape index (κ1) is 31.9. The van der Waals surface area contributed by atoms with Gasteiger partial charge in [0.15, 0.2) is 11.0 Å². The fraction of sp³-hybridized carbons (Fsp3) is 0.318. The van der Waals surface area contributed by atoms with Crippen molar-refractivity contribution in [1.82, 2.24) is 19.7 Å². The number of hydrogen-bond acceptors (Lipinski definition) is 14. The lowest BCUT2D eigenvalue weighted by molar-refractivity contribution is 0.291. The molecule has 1 aliphatic rings. The fourth-order valence-electron chi connectivity index (χ4n) is 3.87. The second-order valence-corrected chi connectivity index (χ2v) is 16.8. The van der Waals surface area contributed by atoms with E-state index in [1.807, 2.05) is 13.9 Å². The summed E-state index contributed by atoms with van der Waals surface area (Å²) in [5.41, 5.74) is 0.796. The van der Waals surface area contributed by atoms with Crippen LogP contribution in [0.25, 0.3) is 5.69 Å². The Morgan fingerprint density at radius 3 is 2.31 bits per heavy atom. The van der Waals surface area contributed by atoms with Crippen LogP contribution in [-0.2, 0) is 6.61 Å². The van der Waals surface area contributed by atoms with Crippen molar-refractivity contribution in [2.24, 2.45) is 0 Å². The van der Waals surface area contributed by atoms with Gasteiger partial charge >= 0.3 is 0 Å². The number of aliphatic hydroxyl groups excluding tert-OH is 1. The summed E-state index contributed by atoms with van der Waals surface area (Å²) < 4.78 is 15.9. The molecule has 2 atom stereocenters. The quantitative estimate of drug-likeness (QED) is 0.0855. The molecule has 1 N–H and O–H groups in total. The van der Waals surface area contributed by atoms with Crippen LogP contribution in [0.5, 0.6) is 5.75 Å². The summed E-state index contributed by atoms with van der Waals surface area (Å²) in [5, 5.41) is 18.0. The van der Waals surface area contributed by atoms with Gasteiger partial charge in [-0.3, -0.25) is 9.55 Å². The van der Waals surface area contributed by atoms with E-state index >= 15 is 0 Å². The molecule has 17 heteroatoms. The maximum Gasteiger partial charge on any atom is 0.197 e. The number of aromatic nitrogens is 4. The van der Waals surface area contributed by atoms with Gasteiger partial charge in [0.05, 0.1) is 21.5 Å². The van der Waals surface area contributed by atoms with E-state index in [9.17, 15) is 4.39 Å². The van der Waals surface area contributed by atoms with E-state index in [0.717, 1.165) is 0 Å². The van der Waals surface area contributed by atoms with Crippen molar-refractivity contribution >= 4 is 121 Å². The lowest BCUT2D eigenvalue weighted by Gasteiger charge is -2.44. The minimum Gasteiger partial charge on any atom is -0.485 e. The maximum atomic E-state index is 14.4. The molecule has 2 aromatic heterocycles. The number of nitrogens with zero attached hydrogens (tertiary/aromatic N) is 4. The van der Waals surface area contributed by atoms with Gasteiger partial charge in [-0.05, 0) is 24.3 Å². The average molecular weight is 693 g/mol. The Bertz CT molecular complexity index is 1420. The van der Waals surface area contributed by atoms with Crippen LogP contribution in [0.15, 0.2) is 47.9 Å². The van der Waals surface area contributed by atoms with Crippen LogP contribution in [-0.4, -0.2) is 60.3 Å². The number of hydrogen-bond donors (Lipinski definition) is 9. The van der Waals surface area contributed by atoms with Gasteiger partial charge in [0.1, 0.15) is 44.9 Å². The zero-order chi connectivity index (χ0) is 28.9. The Hall–Kier alpha value is -0.0251. The molecule has 39 heavy (non-hydrogen) atoms. The predicted molar refractivity (Wildman–Crippen MR) is 184 cm³/mol. The Balaban J connectivity index is 1.72. The van der Waals surface area contributed by atoms with E-state index in [2.05, 4.69) is 27.0 Å². The first-order valence-corrected chi connectivity index (χ1v) is 15.4. The van der Waals surface area contributed by atoms with Gasteiger partial charge in [0.25, 0.3) is 0 Å². The lowest BCUT2D eigenvalue weighted by atomic mass is 9.83. The highest BCUT2D eigenvalue weighted by Crippen LogP contribution is 2.76. The third kappa shape index (κ3) is 5.23. The summed E-state index contributed by atoms with van der Waals surface area (Å²) in [5.74, 6) is 5.05. The first-order chi connectivity index (χ1) is 18.1. The molecular weight excluding hydrogens is 671 g/mol. The smallest absolute Gasteiger partial charge is 0.197 e. The third-order valence-electron chi connectivity index (χ3n) is 6.24. The Kier molecular flexibility index (Phi) is 9.47. The monoisotopic (exact) mass is 692 g/mol. The van der Waals surface area contributed by atoms with Crippen LogP contribution < -0.4 is 4.74 Å². The van der Waals surface area contributed by atoms with Gasteiger partial charge in [-0.25, -0.2) is 4.39 Å². The van der Waals surface area contributed by atoms with Crippen LogP contribution in [0.4, 0.5) is 4.39 Å². The molecule has 0 amide bonds. The molecule has 0 bridgehead atoms. The molecule has 1 aromatic carbocycles. The highest BCUT2D eigenvalue weighted by Gasteiger charge is 2.80. The molecule has 2 heterocycles. The van der Waals surface area contributed by atoms with Gasteiger partial charge in [0.2, 0.25) is 0 Å². The molecule has 4 rings (SSSR count). The van der Waals surface area contributed by atoms with Gasteiger partial charge in [-0.1, -0.05) is 23.6 Å². The van der Waals surface area contributed by atoms with Crippen molar-refractivity contribution in [1.29, 1.82) is 0 Å². The molecule has 2 unspecified atom stereocenters. The standard InChI is InChI=1S/C22H22BFN4O2S9/c23-18(31)19(32,33)20(34,35)21(36,37)22(18,38)39-17-27-26-16(28(17)13-4-1-7-25-10-13)11-30-14-6-5-12(3-2-8-29)15(24)9-14/h1,4-7,9-10,29,31-38H,8,11,23H2. The lowest BCUT2D eigenvalue weighted by Crippen LogP contribution is -2.53. The summed E-state index contributed by atoms with van der Waals surface area (Å²) in [6, 6.07) is 7.86. The second kappa shape index (κ2) is 11.6. The number of thiol groups is 8. The Morgan fingerprint density at radius 1 is 1.03 bits per heavy atom. The summed E-state index contributed by atoms with van der Waals surface area (Å²) in [6.45, 7) is -0.421. The molecular formula is C22H22BFN4O2S9. The Labute approximate surface area is 274 Å². The van der Waals surface area contributed by atoms with E-state index in [0.29, 0.717) is 16.7 Å². The number of rotatable bonds is 6. The van der Waals surface area contributed by atoms with Crippen LogP contribution in [0.2, 0.25) is 0 Å². The van der Waals surface area contributed by atoms with Crippen LogP contribution in [0, 0.1) is 17.7 Å². The van der Waals surface area contributed by atoms with Crippen molar-refractivity contribution in [2.75, 3.05) is 6.61 Å². The molecule has 0 spiro atoms. The van der Waals surface area contributed by atoms with E-state index in [4.69, 9.17) is 111 Å². The molecule has 1 saturated carbocycles. The van der Waals surface area contributed by atoms with Crippen LogP contribution in [0.3, 0.4) is 0 Å². The van der Waals surface area contributed by atoms with Crippen molar-refractivity contribution in [3.8, 4) is 23.3 Å². The maximum absolute atomic E-state index is 14.4. The molecule has 0 saturated heterocycles. The topological polar surface area (TPSA) is 73.1 Å².